The number of carbonyl (C=O) groups is 1. The van der Waals surface area contributed by atoms with Gasteiger partial charge in [-0.2, -0.15) is 0 Å². The normalized spacial score (nSPS) is 39.6. The number of fused-ring (bicyclic) bond motifs is 1. The number of rotatable bonds is 4. The van der Waals surface area contributed by atoms with Crippen LogP contribution in [0.25, 0.3) is 0 Å². The monoisotopic (exact) mass is 324 g/mol. The van der Waals surface area contributed by atoms with Crippen molar-refractivity contribution in [2.45, 2.75) is 82.6 Å². The summed E-state index contributed by atoms with van der Waals surface area (Å²) >= 11 is 0. The molecule has 3 unspecified atom stereocenters. The van der Waals surface area contributed by atoms with Crippen LogP contribution < -0.4 is 0 Å². The van der Waals surface area contributed by atoms with Gasteiger partial charge in [0.1, 0.15) is 5.78 Å². The highest BCUT2D eigenvalue weighted by molar-refractivity contribution is 5.83. The summed E-state index contributed by atoms with van der Waals surface area (Å²) in [5.41, 5.74) is 0. The van der Waals surface area contributed by atoms with Crippen LogP contribution in [0.3, 0.4) is 0 Å². The molecule has 0 aromatic carbocycles. The predicted octanol–water partition coefficient (Wildman–Crippen LogP) is 2.21. The molecule has 0 bridgehead atoms. The number of Topliss-reactive ketones (excluding diaryl/α,β-unsaturated/α-hetero) is 1. The molecule has 0 aromatic rings. The molecule has 2 saturated carbocycles. The van der Waals surface area contributed by atoms with E-state index in [1.165, 1.54) is 25.7 Å². The maximum absolute atomic E-state index is 12.7. The van der Waals surface area contributed by atoms with Gasteiger partial charge in [0, 0.05) is 24.0 Å². The van der Waals surface area contributed by atoms with Crippen LogP contribution in [0.15, 0.2) is 0 Å². The number of carbonyl (C=O) groups excluding carboxylic acids is 1. The minimum absolute atomic E-state index is 0.0614. The molecule has 6 nitrogen and oxygen atoms in total. The first-order chi connectivity index (χ1) is 11.0. The molecule has 23 heavy (non-hydrogen) atoms. The fourth-order valence-corrected chi connectivity index (χ4v) is 4.92. The molecule has 6 heteroatoms. The van der Waals surface area contributed by atoms with E-state index in [1.54, 1.807) is 0 Å². The number of nitrogens with zero attached hydrogens (tertiary/aromatic N) is 3. The molecule has 0 aromatic heterocycles. The van der Waals surface area contributed by atoms with Gasteiger partial charge in [-0.3, -0.25) is 19.8 Å². The SMILES string of the molecule is CC1N(C)C2CCCCC2N1CC(=O)C1CCC(N([O-])O)CC1. The average molecular weight is 324 g/mol. The van der Waals surface area contributed by atoms with E-state index in [1.807, 2.05) is 0 Å². The third-order valence-corrected chi connectivity index (χ3v) is 6.52. The smallest absolute Gasteiger partial charge is 0.149 e. The third kappa shape index (κ3) is 3.46. The molecule has 2 aliphatic carbocycles. The summed E-state index contributed by atoms with van der Waals surface area (Å²) in [6.07, 6.45) is 8.06. The minimum atomic E-state index is -0.321. The molecule has 1 N–H and O–H groups in total. The summed E-state index contributed by atoms with van der Waals surface area (Å²) in [6.45, 7) is 2.76. The zero-order valence-corrected chi connectivity index (χ0v) is 14.4. The highest BCUT2D eigenvalue weighted by atomic mass is 16.8. The highest BCUT2D eigenvalue weighted by Crippen LogP contribution is 2.36. The van der Waals surface area contributed by atoms with Crippen molar-refractivity contribution in [2.24, 2.45) is 5.92 Å². The lowest BCUT2D eigenvalue weighted by Gasteiger charge is -2.37. The van der Waals surface area contributed by atoms with Crippen LogP contribution in [0.5, 0.6) is 0 Å². The van der Waals surface area contributed by atoms with E-state index in [4.69, 9.17) is 5.21 Å². The van der Waals surface area contributed by atoms with Crippen molar-refractivity contribution >= 4 is 5.78 Å². The summed E-state index contributed by atoms with van der Waals surface area (Å²) in [5.74, 6) is 0.386. The van der Waals surface area contributed by atoms with Crippen molar-refractivity contribution in [3.8, 4) is 0 Å². The third-order valence-electron chi connectivity index (χ3n) is 6.52. The summed E-state index contributed by atoms with van der Waals surface area (Å²) < 4.78 is 0. The number of hydrogen-bond donors (Lipinski definition) is 1. The van der Waals surface area contributed by atoms with Gasteiger partial charge in [0.15, 0.2) is 0 Å². The lowest BCUT2D eigenvalue weighted by Crippen LogP contribution is -2.44. The van der Waals surface area contributed by atoms with E-state index in [0.717, 1.165) is 12.8 Å². The number of hydroxylamine groups is 2. The first kappa shape index (κ1) is 17.3. The van der Waals surface area contributed by atoms with Crippen molar-refractivity contribution in [3.63, 3.8) is 0 Å². The molecule has 3 atom stereocenters. The molecule has 132 valence electrons. The zero-order valence-electron chi connectivity index (χ0n) is 14.4. The quantitative estimate of drug-likeness (QED) is 0.800. The second kappa shape index (κ2) is 7.15. The Morgan fingerprint density at radius 3 is 2.35 bits per heavy atom. The number of hydrogen-bond acceptors (Lipinski definition) is 6. The minimum Gasteiger partial charge on any atom is -0.762 e. The van der Waals surface area contributed by atoms with Crippen molar-refractivity contribution < 1.29 is 10.0 Å². The van der Waals surface area contributed by atoms with Crippen molar-refractivity contribution in [1.82, 2.24) is 15.0 Å². The summed E-state index contributed by atoms with van der Waals surface area (Å²) in [6, 6.07) is 0.808. The molecule has 1 heterocycles. The van der Waals surface area contributed by atoms with Crippen LogP contribution in [0.4, 0.5) is 0 Å². The molecular formula is C17H30N3O3-. The number of likely N-dealkylation sites (N-methyl/N-ethyl adjacent to an activating group) is 1. The molecule has 1 saturated heterocycles. The van der Waals surface area contributed by atoms with Crippen LogP contribution in [0.2, 0.25) is 0 Å². The summed E-state index contributed by atoms with van der Waals surface area (Å²) in [4.78, 5) is 17.6. The largest absolute Gasteiger partial charge is 0.762 e. The van der Waals surface area contributed by atoms with Gasteiger partial charge in [-0.25, -0.2) is 0 Å². The molecule has 3 aliphatic rings. The van der Waals surface area contributed by atoms with E-state index in [0.29, 0.717) is 43.4 Å². The van der Waals surface area contributed by atoms with Crippen LogP contribution >= 0.6 is 0 Å². The summed E-state index contributed by atoms with van der Waals surface area (Å²) in [5, 5.41) is 20.0. The van der Waals surface area contributed by atoms with Gasteiger partial charge in [-0.1, -0.05) is 12.8 Å². The molecule has 1 aliphatic heterocycles. The first-order valence-electron chi connectivity index (χ1n) is 9.14. The van der Waals surface area contributed by atoms with Crippen molar-refractivity contribution in [3.05, 3.63) is 5.21 Å². The fraction of sp³-hybridized carbons (Fsp3) is 0.941. The molecular weight excluding hydrogens is 294 g/mol. The van der Waals surface area contributed by atoms with Gasteiger partial charge in [0.2, 0.25) is 0 Å². The summed E-state index contributed by atoms with van der Waals surface area (Å²) in [7, 11) is 2.19. The maximum atomic E-state index is 12.7. The predicted molar refractivity (Wildman–Crippen MR) is 87.7 cm³/mol. The Balaban J connectivity index is 1.57. The lowest BCUT2D eigenvalue weighted by molar-refractivity contribution is -0.129. The topological polar surface area (TPSA) is 70.1 Å². The van der Waals surface area contributed by atoms with Crippen LogP contribution in [0, 0.1) is 11.1 Å². The Morgan fingerprint density at radius 1 is 1.13 bits per heavy atom. The van der Waals surface area contributed by atoms with Gasteiger partial charge in [0.25, 0.3) is 0 Å². The maximum Gasteiger partial charge on any atom is 0.149 e. The van der Waals surface area contributed by atoms with Crippen molar-refractivity contribution in [2.75, 3.05) is 13.6 Å². The van der Waals surface area contributed by atoms with Gasteiger partial charge in [-0.15, -0.1) is 0 Å². The van der Waals surface area contributed by atoms with Gasteiger partial charge in [0.05, 0.1) is 12.7 Å². The van der Waals surface area contributed by atoms with E-state index < -0.39 is 0 Å². The van der Waals surface area contributed by atoms with Gasteiger partial charge >= 0.3 is 0 Å². The molecule has 0 radical (unpaired) electrons. The van der Waals surface area contributed by atoms with E-state index in [2.05, 4.69) is 23.8 Å². The standard InChI is InChI=1S/C17H30N3O3/c1-12-18(2)15-5-3-4-6-16(15)19(12)11-17(21)13-7-9-14(10-8-13)20(22)23/h12-16,22H,3-11H2,1-2H3/q-1. The first-order valence-corrected chi connectivity index (χ1v) is 9.14. The lowest BCUT2D eigenvalue weighted by atomic mass is 9.83. The van der Waals surface area contributed by atoms with E-state index in [-0.39, 0.29) is 17.2 Å². The Kier molecular flexibility index (Phi) is 5.38. The molecule has 0 spiro atoms. The zero-order chi connectivity index (χ0) is 16.6. The Hall–Kier alpha value is -0.530. The second-order valence-electron chi connectivity index (χ2n) is 7.66. The Bertz CT molecular complexity index is 423. The fourth-order valence-electron chi connectivity index (χ4n) is 4.92. The molecule has 3 fully saturated rings. The Labute approximate surface area is 138 Å². The van der Waals surface area contributed by atoms with Crippen LogP contribution in [0.1, 0.15) is 58.3 Å². The molecule has 0 amide bonds. The average Bonchev–Trinajstić information content (AvgIpc) is 2.80. The molecule has 3 rings (SSSR count). The second-order valence-corrected chi connectivity index (χ2v) is 7.66. The van der Waals surface area contributed by atoms with Gasteiger partial charge in [-0.05, 0) is 52.5 Å². The number of ketones is 1. The van der Waals surface area contributed by atoms with E-state index >= 15 is 0 Å². The van der Waals surface area contributed by atoms with E-state index in [9.17, 15) is 10.0 Å². The Morgan fingerprint density at radius 2 is 1.74 bits per heavy atom. The van der Waals surface area contributed by atoms with Crippen LogP contribution in [-0.4, -0.2) is 63.9 Å². The van der Waals surface area contributed by atoms with Gasteiger partial charge < -0.3 is 10.4 Å². The highest BCUT2D eigenvalue weighted by Gasteiger charge is 2.44. The van der Waals surface area contributed by atoms with Crippen LogP contribution in [-0.2, 0) is 4.79 Å². The van der Waals surface area contributed by atoms with Crippen molar-refractivity contribution in [1.29, 1.82) is 0 Å².